The molecule has 0 aliphatic carbocycles. The van der Waals surface area contributed by atoms with Crippen LogP contribution in [0.1, 0.15) is 29.3 Å². The maximum absolute atomic E-state index is 13.0. The molecule has 2 aromatic rings. The molecule has 0 unspecified atom stereocenters. The zero-order valence-electron chi connectivity index (χ0n) is 16.6. The summed E-state index contributed by atoms with van der Waals surface area (Å²) >= 11 is 1.68. The number of benzene rings is 2. The molecule has 6 heteroatoms. The van der Waals surface area contributed by atoms with E-state index in [9.17, 15) is 4.79 Å². The van der Waals surface area contributed by atoms with Crippen LogP contribution in [0.25, 0.3) is 0 Å². The van der Waals surface area contributed by atoms with Gasteiger partial charge in [-0.05, 0) is 30.5 Å². The molecule has 1 aliphatic rings. The average molecular weight is 399 g/mol. The molecule has 0 bridgehead atoms. The number of Topliss-reactive ketones (excluding diaryl/α,β-unsaturated/α-hetero) is 1. The van der Waals surface area contributed by atoms with Crippen LogP contribution >= 0.6 is 11.8 Å². The van der Waals surface area contributed by atoms with Gasteiger partial charge in [-0.1, -0.05) is 43.0 Å². The minimum atomic E-state index is 0.0614. The van der Waals surface area contributed by atoms with E-state index in [-0.39, 0.29) is 12.3 Å². The predicted molar refractivity (Wildman–Crippen MR) is 116 cm³/mol. The number of methoxy groups -OCH3 is 2. The van der Waals surface area contributed by atoms with Crippen LogP contribution < -0.4 is 14.4 Å². The van der Waals surface area contributed by atoms with E-state index in [0.29, 0.717) is 17.1 Å². The summed E-state index contributed by atoms with van der Waals surface area (Å²) < 4.78 is 10.8. The largest absolute Gasteiger partial charge is 0.493 e. The van der Waals surface area contributed by atoms with Crippen LogP contribution in [0.3, 0.4) is 0 Å². The molecule has 0 atom stereocenters. The molecule has 0 saturated carbocycles. The third-order valence-electron chi connectivity index (χ3n) is 4.68. The number of hydrogen-bond donors (Lipinski definition) is 0. The number of hydrogen-bond acceptors (Lipinski definition) is 6. The number of rotatable bonds is 7. The maximum atomic E-state index is 13.0. The van der Waals surface area contributed by atoms with Crippen molar-refractivity contribution in [3.8, 4) is 11.5 Å². The van der Waals surface area contributed by atoms with Crippen molar-refractivity contribution in [2.75, 3.05) is 38.0 Å². The van der Waals surface area contributed by atoms with E-state index < -0.39 is 0 Å². The van der Waals surface area contributed by atoms with Crippen molar-refractivity contribution in [3.05, 3.63) is 53.6 Å². The summed E-state index contributed by atoms with van der Waals surface area (Å²) in [5.74, 6) is 2.35. The van der Waals surface area contributed by atoms with Gasteiger partial charge in [0.1, 0.15) is 0 Å². The van der Waals surface area contributed by atoms with Crippen LogP contribution in [0.15, 0.2) is 47.5 Å². The smallest absolute Gasteiger partial charge is 0.182 e. The zero-order chi connectivity index (χ0) is 19.9. The Morgan fingerprint density at radius 1 is 1.11 bits per heavy atom. The Morgan fingerprint density at radius 3 is 2.46 bits per heavy atom. The third kappa shape index (κ3) is 4.68. The Bertz CT molecular complexity index is 849. The van der Waals surface area contributed by atoms with Crippen LogP contribution in [-0.4, -0.2) is 44.0 Å². The Labute approximate surface area is 170 Å². The molecule has 1 heterocycles. The van der Waals surface area contributed by atoms with Gasteiger partial charge in [-0.25, -0.2) is 0 Å². The molecule has 1 aliphatic heterocycles. The van der Waals surface area contributed by atoms with Gasteiger partial charge < -0.3 is 14.4 Å². The lowest BCUT2D eigenvalue weighted by Crippen LogP contribution is -2.35. The molecule has 0 spiro atoms. The van der Waals surface area contributed by atoms with Crippen LogP contribution in [-0.2, 0) is 6.42 Å². The number of aliphatic imine (C=N–C) groups is 1. The average Bonchev–Trinajstić information content (AvgIpc) is 2.77. The standard InChI is InChI=1S/C22H26N2O3S/c1-4-16-6-8-17(9-7-16)19(25)15-24(22-23-12-5-13-28-22)18-10-11-20(26-2)21(14-18)27-3/h6-11,14H,4-5,12-13,15H2,1-3H3. The number of nitrogens with zero attached hydrogens (tertiary/aromatic N) is 2. The van der Waals surface area contributed by atoms with Gasteiger partial charge in [0, 0.05) is 29.6 Å². The first-order valence-corrected chi connectivity index (χ1v) is 10.4. The highest BCUT2D eigenvalue weighted by molar-refractivity contribution is 8.14. The topological polar surface area (TPSA) is 51.1 Å². The molecule has 2 aromatic carbocycles. The molecule has 0 aromatic heterocycles. The van der Waals surface area contributed by atoms with E-state index in [4.69, 9.17) is 9.47 Å². The first-order valence-electron chi connectivity index (χ1n) is 9.45. The maximum Gasteiger partial charge on any atom is 0.182 e. The summed E-state index contributed by atoms with van der Waals surface area (Å²) in [5, 5.41) is 0.872. The minimum Gasteiger partial charge on any atom is -0.493 e. The van der Waals surface area contributed by atoms with Crippen LogP contribution in [0, 0.1) is 0 Å². The number of ketones is 1. The molecule has 0 radical (unpaired) electrons. The normalized spacial score (nSPS) is 13.6. The van der Waals surface area contributed by atoms with E-state index in [1.165, 1.54) is 5.56 Å². The summed E-state index contributed by atoms with van der Waals surface area (Å²) in [6.07, 6.45) is 2.01. The Kier molecular flexibility index (Phi) is 6.98. The number of thioether (sulfide) groups is 1. The quantitative estimate of drug-likeness (QED) is 0.645. The Morgan fingerprint density at radius 2 is 1.86 bits per heavy atom. The SMILES string of the molecule is CCc1ccc(C(=O)CN(C2=NCCCS2)c2ccc(OC)c(OC)c2)cc1. The fourth-order valence-electron chi connectivity index (χ4n) is 3.04. The van der Waals surface area contributed by atoms with E-state index in [0.717, 1.165) is 36.0 Å². The van der Waals surface area contributed by atoms with Crippen molar-refractivity contribution in [3.63, 3.8) is 0 Å². The molecule has 0 saturated heterocycles. The van der Waals surface area contributed by atoms with Crippen LogP contribution in [0.4, 0.5) is 5.69 Å². The third-order valence-corrected chi connectivity index (χ3v) is 5.78. The molecule has 28 heavy (non-hydrogen) atoms. The second kappa shape index (κ2) is 9.64. The summed E-state index contributed by atoms with van der Waals surface area (Å²) in [5.41, 5.74) is 2.80. The van der Waals surface area contributed by atoms with E-state index >= 15 is 0 Å². The van der Waals surface area contributed by atoms with Gasteiger partial charge in [0.15, 0.2) is 22.4 Å². The van der Waals surface area contributed by atoms with Crippen molar-refractivity contribution in [2.45, 2.75) is 19.8 Å². The second-order valence-corrected chi connectivity index (χ2v) is 7.53. The molecule has 3 rings (SSSR count). The van der Waals surface area contributed by atoms with Gasteiger partial charge in [0.25, 0.3) is 0 Å². The van der Waals surface area contributed by atoms with Crippen molar-refractivity contribution in [1.29, 1.82) is 0 Å². The summed E-state index contributed by atoms with van der Waals surface area (Å²) in [7, 11) is 3.22. The molecule has 0 amide bonds. The van der Waals surface area contributed by atoms with Crippen molar-refractivity contribution in [1.82, 2.24) is 0 Å². The highest BCUT2D eigenvalue weighted by atomic mass is 32.2. The van der Waals surface area contributed by atoms with Gasteiger partial charge in [-0.15, -0.1) is 0 Å². The fourth-order valence-corrected chi connectivity index (χ4v) is 4.00. The minimum absolute atomic E-state index is 0.0614. The first kappa shape index (κ1) is 20.3. The Balaban J connectivity index is 1.91. The number of aryl methyl sites for hydroxylation is 1. The number of anilines is 1. The molecular formula is C22H26N2O3S. The lowest BCUT2D eigenvalue weighted by atomic mass is 10.1. The van der Waals surface area contributed by atoms with Gasteiger partial charge in [-0.2, -0.15) is 0 Å². The van der Waals surface area contributed by atoms with E-state index in [1.807, 2.05) is 47.4 Å². The number of amidine groups is 1. The lowest BCUT2D eigenvalue weighted by molar-refractivity contribution is 0.100. The van der Waals surface area contributed by atoms with E-state index in [1.54, 1.807) is 26.0 Å². The molecular weight excluding hydrogens is 372 g/mol. The van der Waals surface area contributed by atoms with Crippen molar-refractivity contribution >= 4 is 28.4 Å². The number of carbonyl (C=O) groups is 1. The summed E-state index contributed by atoms with van der Waals surface area (Å²) in [4.78, 5) is 19.6. The molecule has 5 nitrogen and oxygen atoms in total. The zero-order valence-corrected chi connectivity index (χ0v) is 17.4. The van der Waals surface area contributed by atoms with E-state index in [2.05, 4.69) is 11.9 Å². The summed E-state index contributed by atoms with van der Waals surface area (Å²) in [6.45, 7) is 3.12. The highest BCUT2D eigenvalue weighted by Crippen LogP contribution is 2.33. The Hall–Kier alpha value is -2.47. The molecule has 148 valence electrons. The van der Waals surface area contributed by atoms with Crippen molar-refractivity contribution < 1.29 is 14.3 Å². The van der Waals surface area contributed by atoms with Crippen LogP contribution in [0.5, 0.6) is 11.5 Å². The van der Waals surface area contributed by atoms with Crippen LogP contribution in [0.2, 0.25) is 0 Å². The van der Waals surface area contributed by atoms with Gasteiger partial charge in [-0.3, -0.25) is 9.79 Å². The summed E-state index contributed by atoms with van der Waals surface area (Å²) in [6, 6.07) is 13.5. The van der Waals surface area contributed by atoms with Crippen molar-refractivity contribution in [2.24, 2.45) is 4.99 Å². The predicted octanol–water partition coefficient (Wildman–Crippen LogP) is 4.45. The second-order valence-electron chi connectivity index (χ2n) is 6.47. The monoisotopic (exact) mass is 398 g/mol. The molecule has 0 N–H and O–H groups in total. The number of carbonyl (C=O) groups excluding carboxylic acids is 1. The van der Waals surface area contributed by atoms with Gasteiger partial charge in [0.2, 0.25) is 0 Å². The lowest BCUT2D eigenvalue weighted by Gasteiger charge is -2.27. The fraction of sp³-hybridized carbons (Fsp3) is 0.364. The highest BCUT2D eigenvalue weighted by Gasteiger charge is 2.22. The first-order chi connectivity index (χ1) is 13.7. The van der Waals surface area contributed by atoms with Gasteiger partial charge in [0.05, 0.1) is 20.8 Å². The van der Waals surface area contributed by atoms with Gasteiger partial charge >= 0.3 is 0 Å². The number of ether oxygens (including phenoxy) is 2. The molecule has 0 fully saturated rings.